The molecule has 2 aromatic carbocycles. The summed E-state index contributed by atoms with van der Waals surface area (Å²) in [5.74, 6) is -1.69. The van der Waals surface area contributed by atoms with Gasteiger partial charge in [-0.15, -0.1) is 0 Å². The van der Waals surface area contributed by atoms with Gasteiger partial charge >= 0.3 is 0 Å². The zero-order valence-corrected chi connectivity index (χ0v) is 22.2. The quantitative estimate of drug-likeness (QED) is 0.582. The van der Waals surface area contributed by atoms with Crippen molar-refractivity contribution in [2.75, 3.05) is 13.1 Å². The number of benzene rings is 2. The SMILES string of the molecule is [2H][C@@]1(N2Cc3c(OCc4cccc(CN5CC(C)(C)OC(C)(C)C5)c4F)cccc3C2=O)CCC(=O)NC1=O. The van der Waals surface area contributed by atoms with Crippen molar-refractivity contribution in [1.82, 2.24) is 15.1 Å². The molecule has 3 amide bonds. The Morgan fingerprint density at radius 2 is 1.76 bits per heavy atom. The lowest BCUT2D eigenvalue weighted by Gasteiger charge is -2.47. The van der Waals surface area contributed by atoms with Gasteiger partial charge in [-0.2, -0.15) is 0 Å². The van der Waals surface area contributed by atoms with E-state index in [9.17, 15) is 14.4 Å². The number of hydrogen-bond acceptors (Lipinski definition) is 6. The van der Waals surface area contributed by atoms with Crippen LogP contribution in [0.4, 0.5) is 4.39 Å². The lowest BCUT2D eigenvalue weighted by atomic mass is 9.98. The van der Waals surface area contributed by atoms with E-state index < -0.39 is 23.7 Å². The molecule has 0 unspecified atom stereocenters. The number of nitrogens with zero attached hydrogens (tertiary/aromatic N) is 2. The molecular formula is C29H34FN3O5. The van der Waals surface area contributed by atoms with Gasteiger partial charge in [-0.3, -0.25) is 24.6 Å². The van der Waals surface area contributed by atoms with Crippen LogP contribution in [0.3, 0.4) is 0 Å². The van der Waals surface area contributed by atoms with E-state index in [1.54, 1.807) is 36.4 Å². The first-order valence-corrected chi connectivity index (χ1v) is 12.9. The highest BCUT2D eigenvalue weighted by Gasteiger charge is 2.40. The summed E-state index contributed by atoms with van der Waals surface area (Å²) in [4.78, 5) is 40.6. The maximum Gasteiger partial charge on any atom is 0.255 e. The number of carbonyl (C=O) groups is 3. The lowest BCUT2D eigenvalue weighted by Crippen LogP contribution is -2.56. The molecule has 5 rings (SSSR count). The van der Waals surface area contributed by atoms with E-state index in [4.69, 9.17) is 10.8 Å². The lowest BCUT2D eigenvalue weighted by molar-refractivity contribution is -0.182. The topological polar surface area (TPSA) is 88.2 Å². The van der Waals surface area contributed by atoms with Crippen molar-refractivity contribution in [1.29, 1.82) is 0 Å². The van der Waals surface area contributed by atoms with E-state index in [1.807, 2.05) is 27.7 Å². The molecule has 0 aliphatic carbocycles. The van der Waals surface area contributed by atoms with Crippen molar-refractivity contribution in [3.63, 3.8) is 0 Å². The van der Waals surface area contributed by atoms with Gasteiger partial charge in [0.25, 0.3) is 5.91 Å². The Morgan fingerprint density at radius 3 is 2.47 bits per heavy atom. The Balaban J connectivity index is 1.31. The Hall–Kier alpha value is -3.30. The third-order valence-corrected chi connectivity index (χ3v) is 7.05. The van der Waals surface area contributed by atoms with Crippen LogP contribution in [0.5, 0.6) is 5.75 Å². The summed E-state index contributed by atoms with van der Waals surface area (Å²) in [5, 5.41) is 2.16. The molecule has 0 aromatic heterocycles. The van der Waals surface area contributed by atoms with E-state index >= 15 is 4.39 Å². The number of fused-ring (bicyclic) bond motifs is 1. The fourth-order valence-corrected chi connectivity index (χ4v) is 5.84. The first kappa shape index (κ1) is 25.0. The number of carbonyl (C=O) groups excluding carboxylic acids is 3. The molecule has 1 N–H and O–H groups in total. The molecule has 2 saturated heterocycles. The fourth-order valence-electron chi connectivity index (χ4n) is 5.84. The number of imide groups is 1. The van der Waals surface area contributed by atoms with Crippen LogP contribution in [0.2, 0.25) is 0 Å². The Labute approximate surface area is 223 Å². The standard InChI is InChI=1S/C29H34FN3O5/c1-28(2)16-32(17-29(3,4)38-28)13-18-7-5-8-19(25(18)30)15-37-23-10-6-9-20-21(23)14-33(27(20)36)22-11-12-24(34)31-26(22)35/h5-10,22H,11-17H2,1-4H3,(H,31,34,35)/t22-/m1/s1/i22D. The van der Waals surface area contributed by atoms with E-state index in [1.165, 1.54) is 4.90 Å². The predicted molar refractivity (Wildman–Crippen MR) is 138 cm³/mol. The average Bonchev–Trinajstić information content (AvgIpc) is 3.18. The molecule has 9 heteroatoms. The number of halogens is 1. The van der Waals surface area contributed by atoms with Crippen molar-refractivity contribution in [3.05, 3.63) is 64.5 Å². The Bertz CT molecular complexity index is 1330. The minimum atomic E-state index is -1.88. The number of piperidine rings is 1. The van der Waals surface area contributed by atoms with Gasteiger partial charge in [0.2, 0.25) is 11.8 Å². The molecule has 0 saturated carbocycles. The van der Waals surface area contributed by atoms with Gasteiger partial charge in [-0.05, 0) is 46.2 Å². The van der Waals surface area contributed by atoms with Gasteiger partial charge < -0.3 is 14.4 Å². The van der Waals surface area contributed by atoms with Gasteiger partial charge in [0.1, 0.15) is 24.2 Å². The average molecular weight is 525 g/mol. The Morgan fingerprint density at radius 1 is 1.08 bits per heavy atom. The van der Waals surface area contributed by atoms with E-state index in [2.05, 4.69) is 10.2 Å². The van der Waals surface area contributed by atoms with Crippen LogP contribution in [0, 0.1) is 5.82 Å². The van der Waals surface area contributed by atoms with Crippen LogP contribution in [0.1, 0.15) is 69.0 Å². The fraction of sp³-hybridized carbons (Fsp3) is 0.483. The monoisotopic (exact) mass is 524 g/mol. The number of hydrogen-bond donors (Lipinski definition) is 1. The van der Waals surface area contributed by atoms with Crippen molar-refractivity contribution in [2.45, 2.75) is 77.5 Å². The molecule has 3 aliphatic heterocycles. The number of rotatable bonds is 6. The molecule has 0 bridgehead atoms. The molecule has 8 nitrogen and oxygen atoms in total. The molecule has 3 heterocycles. The predicted octanol–water partition coefficient (Wildman–Crippen LogP) is 3.56. The summed E-state index contributed by atoms with van der Waals surface area (Å²) in [5.41, 5.74) is 1.13. The van der Waals surface area contributed by atoms with Crippen LogP contribution >= 0.6 is 0 Å². The molecular weight excluding hydrogens is 489 g/mol. The van der Waals surface area contributed by atoms with E-state index in [-0.39, 0.29) is 43.0 Å². The number of ether oxygens (including phenoxy) is 2. The first-order valence-electron chi connectivity index (χ1n) is 13.4. The second kappa shape index (κ2) is 9.78. The highest BCUT2D eigenvalue weighted by molar-refractivity contribution is 6.05. The van der Waals surface area contributed by atoms with E-state index in [0.29, 0.717) is 47.6 Å². The Kier molecular flexibility index (Phi) is 6.44. The summed E-state index contributed by atoms with van der Waals surface area (Å²) in [6, 6.07) is 8.34. The second-order valence-electron chi connectivity index (χ2n) is 11.4. The van der Waals surface area contributed by atoms with Crippen LogP contribution in [-0.4, -0.2) is 57.8 Å². The summed E-state index contributed by atoms with van der Waals surface area (Å²) >= 11 is 0. The zero-order chi connectivity index (χ0) is 28.2. The number of nitrogens with one attached hydrogen (secondary N) is 1. The smallest absolute Gasteiger partial charge is 0.255 e. The zero-order valence-electron chi connectivity index (χ0n) is 23.2. The van der Waals surface area contributed by atoms with Gasteiger partial charge in [-0.25, -0.2) is 4.39 Å². The minimum absolute atomic E-state index is 0.0133. The van der Waals surface area contributed by atoms with Crippen LogP contribution in [0.15, 0.2) is 36.4 Å². The normalized spacial score (nSPS) is 25.1. The molecule has 2 fully saturated rings. The molecule has 38 heavy (non-hydrogen) atoms. The number of amides is 3. The van der Waals surface area contributed by atoms with Gasteiger partial charge in [0.05, 0.1) is 19.1 Å². The molecule has 2 aromatic rings. The summed E-state index contributed by atoms with van der Waals surface area (Å²) in [6.45, 7) is 9.88. The van der Waals surface area contributed by atoms with Crippen molar-refractivity contribution < 1.29 is 29.6 Å². The maximum atomic E-state index is 15.6. The highest BCUT2D eigenvalue weighted by Crippen LogP contribution is 2.34. The first-order chi connectivity index (χ1) is 18.3. The van der Waals surface area contributed by atoms with Crippen LogP contribution < -0.4 is 10.1 Å². The van der Waals surface area contributed by atoms with Crippen molar-refractivity contribution in [2.24, 2.45) is 0 Å². The van der Waals surface area contributed by atoms with Crippen molar-refractivity contribution in [3.8, 4) is 5.75 Å². The summed E-state index contributed by atoms with van der Waals surface area (Å²) in [6.07, 6.45) is -0.100. The largest absolute Gasteiger partial charge is 0.488 e. The molecule has 0 radical (unpaired) electrons. The summed E-state index contributed by atoms with van der Waals surface area (Å²) < 4.78 is 36.4. The van der Waals surface area contributed by atoms with Gasteiger partial charge in [0.15, 0.2) is 0 Å². The highest BCUT2D eigenvalue weighted by atomic mass is 19.1. The van der Waals surface area contributed by atoms with Crippen molar-refractivity contribution >= 4 is 17.7 Å². The van der Waals surface area contributed by atoms with Gasteiger partial charge in [0, 0.05) is 48.3 Å². The third-order valence-electron chi connectivity index (χ3n) is 7.05. The number of morpholine rings is 1. The minimum Gasteiger partial charge on any atom is -0.488 e. The molecule has 1 atom stereocenters. The second-order valence-corrected chi connectivity index (χ2v) is 11.4. The molecule has 0 spiro atoms. The molecule has 202 valence electrons. The third kappa shape index (κ3) is 5.31. The van der Waals surface area contributed by atoms with Crippen LogP contribution in [0.25, 0.3) is 0 Å². The molecule has 3 aliphatic rings. The maximum absolute atomic E-state index is 15.6. The van der Waals surface area contributed by atoms with Gasteiger partial charge in [-0.1, -0.05) is 24.3 Å². The van der Waals surface area contributed by atoms with Crippen LogP contribution in [-0.2, 0) is 34.0 Å². The summed E-state index contributed by atoms with van der Waals surface area (Å²) in [7, 11) is 0. The van der Waals surface area contributed by atoms with E-state index in [0.717, 1.165) is 0 Å².